The minimum Gasteiger partial charge on any atom is -0.466 e. The van der Waals surface area contributed by atoms with Crippen molar-refractivity contribution in [3.63, 3.8) is 0 Å². The maximum Gasteiger partial charge on any atom is 0.308 e. The molecule has 1 aliphatic carbocycles. The van der Waals surface area contributed by atoms with Crippen LogP contribution >= 0.6 is 0 Å². The van der Waals surface area contributed by atoms with E-state index >= 15 is 0 Å². The Morgan fingerprint density at radius 3 is 2.67 bits per heavy atom. The van der Waals surface area contributed by atoms with Gasteiger partial charge in [-0.3, -0.25) is 9.79 Å². The molecule has 0 aromatic heterocycles. The summed E-state index contributed by atoms with van der Waals surface area (Å²) in [6.07, 6.45) is 5.75. The lowest BCUT2D eigenvalue weighted by molar-refractivity contribution is -0.149. The molecule has 0 spiro atoms. The first-order chi connectivity index (χ1) is 13.2. The van der Waals surface area contributed by atoms with Gasteiger partial charge in [0.2, 0.25) is 0 Å². The van der Waals surface area contributed by atoms with Gasteiger partial charge in [0.1, 0.15) is 0 Å². The lowest BCUT2D eigenvalue weighted by atomic mass is 9.86. The van der Waals surface area contributed by atoms with Crippen LogP contribution in [-0.2, 0) is 19.0 Å². The molecule has 2 fully saturated rings. The first-order valence-electron chi connectivity index (χ1n) is 10.6. The van der Waals surface area contributed by atoms with Gasteiger partial charge in [0.25, 0.3) is 0 Å². The lowest BCUT2D eigenvalue weighted by Gasteiger charge is -2.29. The van der Waals surface area contributed by atoms with E-state index in [9.17, 15) is 4.79 Å². The van der Waals surface area contributed by atoms with Crippen LogP contribution in [0, 0.1) is 11.8 Å². The molecule has 7 heteroatoms. The molecule has 7 nitrogen and oxygen atoms in total. The first-order valence-corrected chi connectivity index (χ1v) is 10.6. The second kappa shape index (κ2) is 12.9. The van der Waals surface area contributed by atoms with Crippen molar-refractivity contribution in [3.05, 3.63) is 0 Å². The molecule has 1 unspecified atom stereocenters. The normalized spacial score (nSPS) is 26.0. The fraction of sp³-hybridized carbons (Fsp3) is 0.900. The van der Waals surface area contributed by atoms with Crippen LogP contribution in [0.1, 0.15) is 52.4 Å². The molecule has 2 rings (SSSR count). The highest BCUT2D eigenvalue weighted by molar-refractivity contribution is 5.80. The van der Waals surface area contributed by atoms with Gasteiger partial charge in [-0.05, 0) is 52.4 Å². The fourth-order valence-corrected chi connectivity index (χ4v) is 3.57. The zero-order valence-electron chi connectivity index (χ0n) is 17.0. The van der Waals surface area contributed by atoms with E-state index < -0.39 is 0 Å². The zero-order chi connectivity index (χ0) is 19.3. The van der Waals surface area contributed by atoms with Crippen LogP contribution in [0.5, 0.6) is 0 Å². The molecule has 1 heterocycles. The van der Waals surface area contributed by atoms with Crippen LogP contribution in [0.15, 0.2) is 4.99 Å². The Balaban J connectivity index is 1.62. The van der Waals surface area contributed by atoms with Gasteiger partial charge < -0.3 is 24.8 Å². The van der Waals surface area contributed by atoms with Crippen molar-refractivity contribution in [2.24, 2.45) is 16.8 Å². The molecule has 0 aromatic rings. The Hall–Kier alpha value is -1.34. The molecule has 0 radical (unpaired) electrons. The summed E-state index contributed by atoms with van der Waals surface area (Å²) in [5.41, 5.74) is 0. The van der Waals surface area contributed by atoms with E-state index in [1.807, 2.05) is 6.92 Å². The Labute approximate surface area is 163 Å². The lowest BCUT2D eigenvalue weighted by Crippen LogP contribution is -2.45. The van der Waals surface area contributed by atoms with Gasteiger partial charge in [-0.25, -0.2) is 0 Å². The molecule has 27 heavy (non-hydrogen) atoms. The molecule has 0 bridgehead atoms. The largest absolute Gasteiger partial charge is 0.466 e. The summed E-state index contributed by atoms with van der Waals surface area (Å²) in [5, 5.41) is 6.82. The van der Waals surface area contributed by atoms with Gasteiger partial charge in [0, 0.05) is 38.3 Å². The van der Waals surface area contributed by atoms with Crippen LogP contribution in [0.4, 0.5) is 0 Å². The highest BCUT2D eigenvalue weighted by Gasteiger charge is 2.27. The Bertz CT molecular complexity index is 445. The number of hydrogen-bond donors (Lipinski definition) is 2. The number of guanidine groups is 1. The number of rotatable bonds is 10. The van der Waals surface area contributed by atoms with E-state index in [0.29, 0.717) is 18.6 Å². The fourth-order valence-electron chi connectivity index (χ4n) is 3.57. The third-order valence-electron chi connectivity index (χ3n) is 5.13. The van der Waals surface area contributed by atoms with Gasteiger partial charge in [0.05, 0.1) is 25.7 Å². The number of carbonyl (C=O) groups is 1. The standard InChI is InChI=1S/C20H37N3O4/c1-3-21-20(22-11-5-12-25-14-16-10-13-26-15-16)23-18-8-6-17(7-9-18)19(24)27-4-2/h16-18H,3-15H2,1-2H3,(H2,21,22,23). The smallest absolute Gasteiger partial charge is 0.308 e. The molecule has 2 aliphatic rings. The van der Waals surface area contributed by atoms with Crippen molar-refractivity contribution in [2.45, 2.75) is 58.4 Å². The summed E-state index contributed by atoms with van der Waals surface area (Å²) in [6.45, 7) is 9.22. The molecular formula is C20H37N3O4. The highest BCUT2D eigenvalue weighted by Crippen LogP contribution is 2.25. The molecule has 2 N–H and O–H groups in total. The average molecular weight is 384 g/mol. The number of esters is 1. The van der Waals surface area contributed by atoms with Gasteiger partial charge in [-0.1, -0.05) is 0 Å². The summed E-state index contributed by atoms with van der Waals surface area (Å²) in [5.74, 6) is 1.45. The average Bonchev–Trinajstić information content (AvgIpc) is 3.19. The quantitative estimate of drug-likeness (QED) is 0.260. The van der Waals surface area contributed by atoms with Gasteiger partial charge in [0.15, 0.2) is 5.96 Å². The number of aliphatic imine (C=N–C) groups is 1. The van der Waals surface area contributed by atoms with E-state index in [4.69, 9.17) is 14.2 Å². The van der Waals surface area contributed by atoms with E-state index in [-0.39, 0.29) is 11.9 Å². The maximum absolute atomic E-state index is 11.8. The summed E-state index contributed by atoms with van der Waals surface area (Å²) < 4.78 is 16.2. The van der Waals surface area contributed by atoms with E-state index in [1.165, 1.54) is 0 Å². The van der Waals surface area contributed by atoms with Gasteiger partial charge >= 0.3 is 5.97 Å². The summed E-state index contributed by atoms with van der Waals surface area (Å²) >= 11 is 0. The molecule has 1 aliphatic heterocycles. The number of carbonyl (C=O) groups excluding carboxylic acids is 1. The summed E-state index contributed by atoms with van der Waals surface area (Å²) in [6, 6.07) is 0.368. The van der Waals surface area contributed by atoms with E-state index in [1.54, 1.807) is 0 Å². The number of hydrogen-bond acceptors (Lipinski definition) is 5. The van der Waals surface area contributed by atoms with E-state index in [2.05, 4.69) is 22.5 Å². The third-order valence-corrected chi connectivity index (χ3v) is 5.13. The predicted octanol–water partition coefficient (Wildman–Crippen LogP) is 2.11. The van der Waals surface area contributed by atoms with Crippen molar-refractivity contribution in [1.82, 2.24) is 10.6 Å². The zero-order valence-corrected chi connectivity index (χ0v) is 17.0. The second-order valence-electron chi connectivity index (χ2n) is 7.36. The topological polar surface area (TPSA) is 81.2 Å². The van der Waals surface area contributed by atoms with Gasteiger partial charge in [-0.15, -0.1) is 0 Å². The Morgan fingerprint density at radius 1 is 1.19 bits per heavy atom. The molecule has 0 amide bonds. The molecule has 156 valence electrons. The van der Waals surface area contributed by atoms with Crippen LogP contribution in [0.3, 0.4) is 0 Å². The van der Waals surface area contributed by atoms with Crippen LogP contribution in [-0.4, -0.2) is 64.1 Å². The Kier molecular flexibility index (Phi) is 10.5. The van der Waals surface area contributed by atoms with Crippen molar-refractivity contribution in [1.29, 1.82) is 0 Å². The number of ether oxygens (including phenoxy) is 3. The summed E-state index contributed by atoms with van der Waals surface area (Å²) in [4.78, 5) is 16.5. The molecule has 0 aromatic carbocycles. The molecular weight excluding hydrogens is 346 g/mol. The number of nitrogens with one attached hydrogen (secondary N) is 2. The SMILES string of the molecule is CCNC(=NCCCOCC1CCOC1)NC1CCC(C(=O)OCC)CC1. The maximum atomic E-state index is 11.8. The van der Waals surface area contributed by atoms with Crippen LogP contribution < -0.4 is 10.6 Å². The molecule has 1 saturated carbocycles. The monoisotopic (exact) mass is 383 g/mol. The minimum absolute atomic E-state index is 0.0410. The van der Waals surface area contributed by atoms with E-state index in [0.717, 1.165) is 84.0 Å². The van der Waals surface area contributed by atoms with Crippen LogP contribution in [0.25, 0.3) is 0 Å². The molecule has 1 atom stereocenters. The summed E-state index contributed by atoms with van der Waals surface area (Å²) in [7, 11) is 0. The van der Waals surface area contributed by atoms with Crippen LogP contribution in [0.2, 0.25) is 0 Å². The van der Waals surface area contributed by atoms with Crippen molar-refractivity contribution < 1.29 is 19.0 Å². The second-order valence-corrected chi connectivity index (χ2v) is 7.36. The molecule has 1 saturated heterocycles. The Morgan fingerprint density at radius 2 is 2.00 bits per heavy atom. The van der Waals surface area contributed by atoms with Crippen molar-refractivity contribution in [2.75, 3.05) is 46.1 Å². The predicted molar refractivity (Wildman–Crippen MR) is 106 cm³/mol. The minimum atomic E-state index is -0.0410. The number of nitrogens with zero attached hydrogens (tertiary/aromatic N) is 1. The highest BCUT2D eigenvalue weighted by atomic mass is 16.5. The van der Waals surface area contributed by atoms with Gasteiger partial charge in [-0.2, -0.15) is 0 Å². The first kappa shape index (κ1) is 22.0. The third kappa shape index (κ3) is 8.47. The van der Waals surface area contributed by atoms with Crippen molar-refractivity contribution >= 4 is 11.9 Å². The van der Waals surface area contributed by atoms with Crippen molar-refractivity contribution in [3.8, 4) is 0 Å².